The van der Waals surface area contributed by atoms with Gasteiger partial charge in [-0.05, 0) is 18.2 Å². The minimum Gasteiger partial charge on any atom is -0.332 e. The number of anilines is 2. The highest BCUT2D eigenvalue weighted by Crippen LogP contribution is 2.32. The average molecular weight is 293 g/mol. The molecule has 1 aromatic carbocycles. The first-order valence-electron chi connectivity index (χ1n) is 5.33. The predicted octanol–water partition coefficient (Wildman–Crippen LogP) is 5.27. The van der Waals surface area contributed by atoms with Crippen molar-refractivity contribution in [3.63, 3.8) is 0 Å². The van der Waals surface area contributed by atoms with Crippen molar-refractivity contribution in [2.45, 2.75) is 0 Å². The van der Waals surface area contributed by atoms with Gasteiger partial charge in [-0.25, -0.2) is 4.98 Å². The average Bonchev–Trinajstić information content (AvgIpc) is 2.99. The van der Waals surface area contributed by atoms with Crippen molar-refractivity contribution in [3.8, 4) is 10.6 Å². The Bertz CT molecular complexity index is 646. The molecule has 2 nitrogen and oxygen atoms in total. The number of benzene rings is 1. The minimum absolute atomic E-state index is 0.764. The molecule has 3 rings (SSSR count). The van der Waals surface area contributed by atoms with Crippen LogP contribution < -0.4 is 5.32 Å². The summed E-state index contributed by atoms with van der Waals surface area (Å²) in [6.07, 6.45) is 0. The van der Waals surface area contributed by atoms with Gasteiger partial charge in [-0.1, -0.05) is 29.8 Å². The lowest BCUT2D eigenvalue weighted by Crippen LogP contribution is -1.88. The van der Waals surface area contributed by atoms with E-state index in [2.05, 4.69) is 10.3 Å². The summed E-state index contributed by atoms with van der Waals surface area (Å²) in [6.45, 7) is 0. The van der Waals surface area contributed by atoms with Gasteiger partial charge in [0, 0.05) is 16.4 Å². The molecule has 0 aliphatic carbocycles. The van der Waals surface area contributed by atoms with Crippen LogP contribution in [-0.4, -0.2) is 4.98 Å². The molecule has 3 aromatic rings. The molecular weight excluding hydrogens is 284 g/mol. The van der Waals surface area contributed by atoms with Crippen LogP contribution in [0.15, 0.2) is 47.2 Å². The van der Waals surface area contributed by atoms with Crippen molar-refractivity contribution in [3.05, 3.63) is 52.2 Å². The summed E-state index contributed by atoms with van der Waals surface area (Å²) in [6, 6.07) is 12.0. The molecule has 0 spiro atoms. The van der Waals surface area contributed by atoms with Gasteiger partial charge >= 0.3 is 0 Å². The molecule has 5 heteroatoms. The first-order valence-corrected chi connectivity index (χ1v) is 7.47. The molecule has 0 amide bonds. The molecule has 90 valence electrons. The third-order valence-electron chi connectivity index (χ3n) is 2.35. The lowest BCUT2D eigenvalue weighted by Gasteiger charge is -2.00. The second-order valence-corrected chi connectivity index (χ2v) is 5.86. The molecule has 2 aromatic heterocycles. The Balaban J connectivity index is 1.82. The van der Waals surface area contributed by atoms with Crippen LogP contribution in [0.1, 0.15) is 0 Å². The summed E-state index contributed by atoms with van der Waals surface area (Å²) in [4.78, 5) is 5.64. The Hall–Kier alpha value is -1.36. The fourth-order valence-corrected chi connectivity index (χ4v) is 3.38. The van der Waals surface area contributed by atoms with Crippen molar-refractivity contribution in [1.29, 1.82) is 0 Å². The molecule has 0 fully saturated rings. The van der Waals surface area contributed by atoms with E-state index >= 15 is 0 Å². The number of rotatable bonds is 3. The Labute approximate surface area is 118 Å². The monoisotopic (exact) mass is 292 g/mol. The van der Waals surface area contributed by atoms with E-state index in [1.54, 1.807) is 22.7 Å². The van der Waals surface area contributed by atoms with Crippen molar-refractivity contribution in [2.24, 2.45) is 0 Å². The molecule has 0 aliphatic heterocycles. The second-order valence-electron chi connectivity index (χ2n) is 3.66. The molecule has 0 bridgehead atoms. The zero-order valence-corrected chi connectivity index (χ0v) is 11.6. The Morgan fingerprint density at radius 2 is 1.89 bits per heavy atom. The fourth-order valence-electron chi connectivity index (χ4n) is 1.54. The van der Waals surface area contributed by atoms with E-state index < -0.39 is 0 Å². The number of hydrogen-bond acceptors (Lipinski definition) is 4. The van der Waals surface area contributed by atoms with Crippen molar-refractivity contribution < 1.29 is 0 Å². The molecule has 0 atom stereocenters. The maximum atomic E-state index is 5.92. The van der Waals surface area contributed by atoms with E-state index in [0.717, 1.165) is 26.4 Å². The van der Waals surface area contributed by atoms with Gasteiger partial charge in [0.2, 0.25) is 0 Å². The van der Waals surface area contributed by atoms with Crippen molar-refractivity contribution in [2.75, 3.05) is 5.32 Å². The van der Waals surface area contributed by atoms with E-state index in [0.29, 0.717) is 0 Å². The third-order valence-corrected chi connectivity index (χ3v) is 4.41. The van der Waals surface area contributed by atoms with Crippen LogP contribution in [0, 0.1) is 0 Å². The van der Waals surface area contributed by atoms with E-state index in [9.17, 15) is 0 Å². The lowest BCUT2D eigenvalue weighted by molar-refractivity contribution is 1.40. The van der Waals surface area contributed by atoms with E-state index in [-0.39, 0.29) is 0 Å². The molecule has 0 saturated heterocycles. The first-order chi connectivity index (χ1) is 8.81. The predicted molar refractivity (Wildman–Crippen MR) is 80.2 cm³/mol. The number of thiophene rings is 1. The molecule has 2 heterocycles. The number of thiazole rings is 1. The lowest BCUT2D eigenvalue weighted by atomic mass is 10.3. The number of halogens is 1. The number of nitrogens with one attached hydrogen (secondary N) is 1. The van der Waals surface area contributed by atoms with Crippen LogP contribution in [0.2, 0.25) is 5.02 Å². The highest BCUT2D eigenvalue weighted by atomic mass is 35.5. The highest BCUT2D eigenvalue weighted by Gasteiger charge is 2.06. The number of hydrogen-bond donors (Lipinski definition) is 1. The summed E-state index contributed by atoms with van der Waals surface area (Å²) in [5, 5.41) is 8.89. The minimum atomic E-state index is 0.764. The quantitative estimate of drug-likeness (QED) is 0.711. The molecular formula is C13H9ClN2S2. The van der Waals surface area contributed by atoms with Gasteiger partial charge in [-0.3, -0.25) is 0 Å². The van der Waals surface area contributed by atoms with E-state index in [4.69, 9.17) is 11.6 Å². The Morgan fingerprint density at radius 3 is 2.61 bits per heavy atom. The third kappa shape index (κ3) is 2.56. The smallest absolute Gasteiger partial charge is 0.187 e. The van der Waals surface area contributed by atoms with Crippen molar-refractivity contribution in [1.82, 2.24) is 4.98 Å². The van der Waals surface area contributed by atoms with Crippen LogP contribution in [0.4, 0.5) is 10.8 Å². The first kappa shape index (κ1) is 11.7. The summed E-state index contributed by atoms with van der Waals surface area (Å²) < 4.78 is 0. The van der Waals surface area contributed by atoms with E-state index in [1.165, 1.54) is 0 Å². The summed E-state index contributed by atoms with van der Waals surface area (Å²) in [7, 11) is 0. The maximum Gasteiger partial charge on any atom is 0.187 e. The molecule has 18 heavy (non-hydrogen) atoms. The van der Waals surface area contributed by atoms with Crippen LogP contribution >= 0.6 is 34.3 Å². The molecule has 0 unspecified atom stereocenters. The normalized spacial score (nSPS) is 10.5. The SMILES string of the molecule is Clc1csc(-c2csc(Nc3ccccc3)n2)c1. The van der Waals surface area contributed by atoms with Gasteiger partial charge in [0.25, 0.3) is 0 Å². The Kier molecular flexibility index (Phi) is 3.32. The van der Waals surface area contributed by atoms with Crippen LogP contribution in [0.3, 0.4) is 0 Å². The number of aromatic nitrogens is 1. The van der Waals surface area contributed by atoms with Gasteiger partial charge in [0.05, 0.1) is 15.6 Å². The maximum absolute atomic E-state index is 5.92. The van der Waals surface area contributed by atoms with E-state index in [1.807, 2.05) is 47.2 Å². The highest BCUT2D eigenvalue weighted by molar-refractivity contribution is 7.16. The fraction of sp³-hybridized carbons (Fsp3) is 0. The Morgan fingerprint density at radius 1 is 1.06 bits per heavy atom. The molecule has 0 radical (unpaired) electrons. The van der Waals surface area contributed by atoms with Gasteiger partial charge in [0.15, 0.2) is 5.13 Å². The number of nitrogens with zero attached hydrogens (tertiary/aromatic N) is 1. The van der Waals surface area contributed by atoms with Crippen molar-refractivity contribution >= 4 is 45.1 Å². The van der Waals surface area contributed by atoms with Crippen LogP contribution in [-0.2, 0) is 0 Å². The number of para-hydroxylation sites is 1. The molecule has 0 saturated carbocycles. The zero-order valence-electron chi connectivity index (χ0n) is 9.26. The summed E-state index contributed by atoms with van der Waals surface area (Å²) in [5.41, 5.74) is 2.01. The second kappa shape index (κ2) is 5.10. The van der Waals surface area contributed by atoms with Crippen LogP contribution in [0.25, 0.3) is 10.6 Å². The van der Waals surface area contributed by atoms with Gasteiger partial charge < -0.3 is 5.32 Å². The molecule has 0 aliphatic rings. The summed E-state index contributed by atoms with van der Waals surface area (Å²) in [5.74, 6) is 0. The topological polar surface area (TPSA) is 24.9 Å². The largest absolute Gasteiger partial charge is 0.332 e. The van der Waals surface area contributed by atoms with Gasteiger partial charge in [0.1, 0.15) is 0 Å². The summed E-state index contributed by atoms with van der Waals surface area (Å²) >= 11 is 9.11. The zero-order chi connectivity index (χ0) is 12.4. The molecule has 1 N–H and O–H groups in total. The van der Waals surface area contributed by atoms with Gasteiger partial charge in [-0.2, -0.15) is 0 Å². The van der Waals surface area contributed by atoms with Crippen LogP contribution in [0.5, 0.6) is 0 Å². The standard InChI is InChI=1S/C13H9ClN2S2/c14-9-6-12(17-7-9)11-8-18-13(16-11)15-10-4-2-1-3-5-10/h1-8H,(H,15,16). The van der Waals surface area contributed by atoms with Gasteiger partial charge in [-0.15, -0.1) is 22.7 Å².